The van der Waals surface area contributed by atoms with Gasteiger partial charge >= 0.3 is 0 Å². The summed E-state index contributed by atoms with van der Waals surface area (Å²) in [6, 6.07) is 13.1. The van der Waals surface area contributed by atoms with Crippen LogP contribution < -0.4 is 4.74 Å². The standard InChI is InChI=1S/C14H11ClINO2/c15-12-4-2-1-3-11(12)9-19-14-6-5-10(8-17-18)7-13(14)16/h1-8,18H,9H2/b17-8+. The SMILES string of the molecule is O/N=C/c1ccc(OCc2ccccc2Cl)c(I)c1. The van der Waals surface area contributed by atoms with E-state index in [4.69, 9.17) is 21.5 Å². The molecule has 0 aromatic heterocycles. The largest absolute Gasteiger partial charge is 0.488 e. The molecule has 0 saturated heterocycles. The molecule has 2 rings (SSSR count). The van der Waals surface area contributed by atoms with Gasteiger partial charge in [0.25, 0.3) is 0 Å². The second kappa shape index (κ2) is 6.77. The average molecular weight is 388 g/mol. The van der Waals surface area contributed by atoms with Crippen molar-refractivity contribution < 1.29 is 9.94 Å². The minimum Gasteiger partial charge on any atom is -0.488 e. The number of nitrogens with zero attached hydrogens (tertiary/aromatic N) is 1. The van der Waals surface area contributed by atoms with Gasteiger partial charge in [0.15, 0.2) is 0 Å². The van der Waals surface area contributed by atoms with Crippen molar-refractivity contribution >= 4 is 40.4 Å². The molecule has 1 N–H and O–H groups in total. The van der Waals surface area contributed by atoms with Crippen molar-refractivity contribution in [3.05, 3.63) is 62.2 Å². The Balaban J connectivity index is 2.10. The van der Waals surface area contributed by atoms with E-state index in [0.717, 1.165) is 20.4 Å². The zero-order valence-corrected chi connectivity index (χ0v) is 12.8. The normalized spacial score (nSPS) is 10.8. The highest BCUT2D eigenvalue weighted by Gasteiger charge is 2.04. The summed E-state index contributed by atoms with van der Waals surface area (Å²) in [7, 11) is 0. The predicted octanol–water partition coefficient (Wildman–Crippen LogP) is 4.33. The van der Waals surface area contributed by atoms with E-state index in [1.165, 1.54) is 6.21 Å². The molecule has 0 radical (unpaired) electrons. The van der Waals surface area contributed by atoms with Crippen molar-refractivity contribution in [2.75, 3.05) is 0 Å². The molecule has 0 amide bonds. The monoisotopic (exact) mass is 387 g/mol. The molecule has 19 heavy (non-hydrogen) atoms. The molecule has 98 valence electrons. The second-order valence-electron chi connectivity index (χ2n) is 3.81. The van der Waals surface area contributed by atoms with Gasteiger partial charge in [0.1, 0.15) is 12.4 Å². The Kier molecular flexibility index (Phi) is 5.04. The molecule has 0 atom stereocenters. The zero-order chi connectivity index (χ0) is 13.7. The van der Waals surface area contributed by atoms with E-state index in [0.29, 0.717) is 11.6 Å². The van der Waals surface area contributed by atoms with Crippen LogP contribution in [0.1, 0.15) is 11.1 Å². The van der Waals surface area contributed by atoms with Crippen LogP contribution in [0.25, 0.3) is 0 Å². The number of hydrogen-bond acceptors (Lipinski definition) is 3. The molecule has 3 nitrogen and oxygen atoms in total. The lowest BCUT2D eigenvalue weighted by atomic mass is 10.2. The van der Waals surface area contributed by atoms with Crippen LogP contribution in [0.15, 0.2) is 47.6 Å². The summed E-state index contributed by atoms with van der Waals surface area (Å²) < 4.78 is 6.68. The third-order valence-electron chi connectivity index (χ3n) is 2.50. The minimum atomic E-state index is 0.420. The number of oxime groups is 1. The molecule has 0 fully saturated rings. The Morgan fingerprint density at radius 1 is 1.26 bits per heavy atom. The molecule has 2 aromatic rings. The summed E-state index contributed by atoms with van der Waals surface area (Å²) in [4.78, 5) is 0. The van der Waals surface area contributed by atoms with Crippen LogP contribution >= 0.6 is 34.2 Å². The summed E-state index contributed by atoms with van der Waals surface area (Å²) in [5.41, 5.74) is 1.76. The Morgan fingerprint density at radius 2 is 2.05 bits per heavy atom. The summed E-state index contributed by atoms with van der Waals surface area (Å²) in [6.45, 7) is 0.420. The van der Waals surface area contributed by atoms with Gasteiger partial charge in [0.2, 0.25) is 0 Å². The maximum absolute atomic E-state index is 8.48. The fraction of sp³-hybridized carbons (Fsp3) is 0.0714. The second-order valence-corrected chi connectivity index (χ2v) is 5.38. The van der Waals surface area contributed by atoms with E-state index in [1.54, 1.807) is 0 Å². The molecule has 0 aliphatic carbocycles. The van der Waals surface area contributed by atoms with Crippen molar-refractivity contribution in [1.82, 2.24) is 0 Å². The van der Waals surface area contributed by atoms with Gasteiger partial charge in [0, 0.05) is 10.6 Å². The van der Waals surface area contributed by atoms with Crippen molar-refractivity contribution in [2.45, 2.75) is 6.61 Å². The van der Waals surface area contributed by atoms with E-state index in [9.17, 15) is 0 Å². The van der Waals surface area contributed by atoms with E-state index in [1.807, 2.05) is 42.5 Å². The average Bonchev–Trinajstić information content (AvgIpc) is 2.40. The van der Waals surface area contributed by atoms with Crippen LogP contribution in [0, 0.1) is 3.57 Å². The van der Waals surface area contributed by atoms with E-state index < -0.39 is 0 Å². The molecule has 2 aromatic carbocycles. The van der Waals surface area contributed by atoms with Crippen LogP contribution in [-0.2, 0) is 6.61 Å². The van der Waals surface area contributed by atoms with Crippen molar-refractivity contribution in [3.63, 3.8) is 0 Å². The Hall–Kier alpha value is -1.27. The summed E-state index contributed by atoms with van der Waals surface area (Å²) >= 11 is 8.25. The maximum Gasteiger partial charge on any atom is 0.133 e. The van der Waals surface area contributed by atoms with Crippen molar-refractivity contribution in [2.24, 2.45) is 5.16 Å². The van der Waals surface area contributed by atoms with Gasteiger partial charge in [-0.25, -0.2) is 0 Å². The molecule has 0 aliphatic heterocycles. The third kappa shape index (κ3) is 3.84. The lowest BCUT2D eigenvalue weighted by Gasteiger charge is -2.09. The Bertz CT molecular complexity index is 602. The predicted molar refractivity (Wildman–Crippen MR) is 84.3 cm³/mol. The highest BCUT2D eigenvalue weighted by Crippen LogP contribution is 2.24. The number of halogens is 2. The molecule has 0 heterocycles. The van der Waals surface area contributed by atoms with Crippen LogP contribution in [0.5, 0.6) is 5.75 Å². The van der Waals surface area contributed by atoms with Crippen LogP contribution in [-0.4, -0.2) is 11.4 Å². The topological polar surface area (TPSA) is 41.8 Å². The molecule has 0 unspecified atom stereocenters. The Morgan fingerprint density at radius 3 is 2.74 bits per heavy atom. The highest BCUT2D eigenvalue weighted by atomic mass is 127. The summed E-state index contributed by atoms with van der Waals surface area (Å²) in [6.07, 6.45) is 1.38. The third-order valence-corrected chi connectivity index (χ3v) is 3.72. The van der Waals surface area contributed by atoms with E-state index in [-0.39, 0.29) is 0 Å². The number of ether oxygens (including phenoxy) is 1. The van der Waals surface area contributed by atoms with E-state index in [2.05, 4.69) is 27.7 Å². The number of rotatable bonds is 4. The fourth-order valence-electron chi connectivity index (χ4n) is 1.55. The first-order chi connectivity index (χ1) is 9.20. The fourth-order valence-corrected chi connectivity index (χ4v) is 2.44. The van der Waals surface area contributed by atoms with Gasteiger partial charge in [-0.05, 0) is 52.4 Å². The zero-order valence-electron chi connectivity index (χ0n) is 9.88. The first kappa shape index (κ1) is 14.1. The Labute approximate surface area is 130 Å². The number of hydrogen-bond donors (Lipinski definition) is 1. The molecule has 0 aliphatic rings. The summed E-state index contributed by atoms with van der Waals surface area (Å²) in [5.74, 6) is 0.774. The molecule has 0 spiro atoms. The van der Waals surface area contributed by atoms with E-state index >= 15 is 0 Å². The molecular formula is C14H11ClINO2. The van der Waals surface area contributed by atoms with Crippen LogP contribution in [0.4, 0.5) is 0 Å². The maximum atomic E-state index is 8.48. The lowest BCUT2D eigenvalue weighted by Crippen LogP contribution is -1.98. The minimum absolute atomic E-state index is 0.420. The van der Waals surface area contributed by atoms with Gasteiger partial charge in [-0.1, -0.05) is 35.0 Å². The van der Waals surface area contributed by atoms with Crippen molar-refractivity contribution in [1.29, 1.82) is 0 Å². The first-order valence-corrected chi connectivity index (χ1v) is 6.99. The highest BCUT2D eigenvalue weighted by molar-refractivity contribution is 14.1. The van der Waals surface area contributed by atoms with Crippen LogP contribution in [0.3, 0.4) is 0 Å². The smallest absolute Gasteiger partial charge is 0.133 e. The molecular weight excluding hydrogens is 377 g/mol. The van der Waals surface area contributed by atoms with Crippen LogP contribution in [0.2, 0.25) is 5.02 Å². The van der Waals surface area contributed by atoms with Gasteiger partial charge in [0.05, 0.1) is 9.78 Å². The first-order valence-electron chi connectivity index (χ1n) is 5.54. The van der Waals surface area contributed by atoms with Gasteiger partial charge in [-0.3, -0.25) is 0 Å². The molecule has 5 heteroatoms. The summed E-state index contributed by atoms with van der Waals surface area (Å²) in [5, 5.41) is 12.2. The van der Waals surface area contributed by atoms with Crippen molar-refractivity contribution in [3.8, 4) is 5.75 Å². The lowest BCUT2D eigenvalue weighted by molar-refractivity contribution is 0.304. The number of benzene rings is 2. The quantitative estimate of drug-likeness (QED) is 0.367. The van der Waals surface area contributed by atoms with Gasteiger partial charge in [-0.15, -0.1) is 0 Å². The van der Waals surface area contributed by atoms with Gasteiger partial charge < -0.3 is 9.94 Å². The molecule has 0 bridgehead atoms. The molecule has 0 saturated carbocycles. The van der Waals surface area contributed by atoms with Gasteiger partial charge in [-0.2, -0.15) is 0 Å².